The number of carbonyl (C=O) groups excluding carboxylic acids is 2. The highest BCUT2D eigenvalue weighted by Crippen LogP contribution is 2.27. The molecule has 0 fully saturated rings. The highest BCUT2D eigenvalue weighted by molar-refractivity contribution is 6.35. The monoisotopic (exact) mass is 381 g/mol. The molecule has 2 aromatic carbocycles. The second-order valence-electron chi connectivity index (χ2n) is 5.39. The summed E-state index contributed by atoms with van der Waals surface area (Å²) in [7, 11) is 0. The Hall–Kier alpha value is -2.24. The third-order valence-electron chi connectivity index (χ3n) is 3.26. The first-order valence-electron chi connectivity index (χ1n) is 7.45. The van der Waals surface area contributed by atoms with Crippen molar-refractivity contribution in [2.24, 2.45) is 0 Å². The maximum absolute atomic E-state index is 11.9. The van der Waals surface area contributed by atoms with Crippen LogP contribution in [0.25, 0.3) is 0 Å². The van der Waals surface area contributed by atoms with Crippen LogP contribution < -0.4 is 10.1 Å². The molecule has 0 bridgehead atoms. The minimum Gasteiger partial charge on any atom is -0.480 e. The highest BCUT2D eigenvalue weighted by Gasteiger charge is 2.11. The molecule has 0 unspecified atom stereocenters. The Balaban J connectivity index is 1.78. The molecule has 0 aliphatic rings. The number of hydrogen-bond donors (Lipinski definition) is 1. The molecule has 0 aliphatic carbocycles. The Morgan fingerprint density at radius 1 is 1.04 bits per heavy atom. The number of anilines is 1. The van der Waals surface area contributed by atoms with E-state index in [2.05, 4.69) is 5.32 Å². The van der Waals surface area contributed by atoms with E-state index in [4.69, 9.17) is 32.7 Å². The van der Waals surface area contributed by atoms with Crippen LogP contribution in [-0.4, -0.2) is 25.1 Å². The van der Waals surface area contributed by atoms with E-state index in [-0.39, 0.29) is 11.6 Å². The maximum Gasteiger partial charge on any atom is 0.344 e. The molecule has 7 heteroatoms. The average molecular weight is 382 g/mol. The lowest BCUT2D eigenvalue weighted by atomic mass is 10.1. The number of benzene rings is 2. The zero-order valence-corrected chi connectivity index (χ0v) is 15.3. The SMILES string of the molecule is Cc1ccc(NC(=O)COC(=O)COc2ccc(Cl)cc2Cl)c(C)c1. The predicted molar refractivity (Wildman–Crippen MR) is 97.5 cm³/mol. The molecule has 2 rings (SSSR count). The Labute approximate surface area is 155 Å². The molecule has 0 aromatic heterocycles. The van der Waals surface area contributed by atoms with Gasteiger partial charge in [-0.2, -0.15) is 0 Å². The number of halogens is 2. The van der Waals surface area contributed by atoms with Gasteiger partial charge in [0.2, 0.25) is 0 Å². The van der Waals surface area contributed by atoms with Gasteiger partial charge in [0.1, 0.15) is 5.75 Å². The molecule has 0 saturated heterocycles. The van der Waals surface area contributed by atoms with Gasteiger partial charge in [-0.1, -0.05) is 40.9 Å². The number of hydrogen-bond acceptors (Lipinski definition) is 4. The van der Waals surface area contributed by atoms with Crippen molar-refractivity contribution in [3.05, 3.63) is 57.6 Å². The normalized spacial score (nSPS) is 10.2. The summed E-state index contributed by atoms with van der Waals surface area (Å²) in [5.41, 5.74) is 2.70. The Morgan fingerprint density at radius 3 is 2.48 bits per heavy atom. The topological polar surface area (TPSA) is 64.6 Å². The van der Waals surface area contributed by atoms with E-state index in [1.807, 2.05) is 26.0 Å². The van der Waals surface area contributed by atoms with E-state index >= 15 is 0 Å². The number of aryl methyl sites for hydroxylation is 2. The first kappa shape index (κ1) is 19.1. The van der Waals surface area contributed by atoms with Gasteiger partial charge in [-0.3, -0.25) is 4.79 Å². The van der Waals surface area contributed by atoms with E-state index in [0.29, 0.717) is 16.5 Å². The van der Waals surface area contributed by atoms with Crippen LogP contribution in [0.2, 0.25) is 10.0 Å². The van der Waals surface area contributed by atoms with Gasteiger partial charge in [0.25, 0.3) is 5.91 Å². The van der Waals surface area contributed by atoms with Gasteiger partial charge in [-0.15, -0.1) is 0 Å². The summed E-state index contributed by atoms with van der Waals surface area (Å²) >= 11 is 11.7. The average Bonchev–Trinajstić information content (AvgIpc) is 2.55. The minimum atomic E-state index is -0.679. The van der Waals surface area contributed by atoms with Gasteiger partial charge in [0.15, 0.2) is 13.2 Å². The second-order valence-corrected chi connectivity index (χ2v) is 6.23. The van der Waals surface area contributed by atoms with Crippen LogP contribution in [0, 0.1) is 13.8 Å². The summed E-state index contributed by atoms with van der Waals surface area (Å²) in [6.07, 6.45) is 0. The van der Waals surface area contributed by atoms with Crippen molar-refractivity contribution in [1.82, 2.24) is 0 Å². The van der Waals surface area contributed by atoms with Crippen LogP contribution in [0.4, 0.5) is 5.69 Å². The molecule has 0 atom stereocenters. The fourth-order valence-electron chi connectivity index (χ4n) is 2.06. The van der Waals surface area contributed by atoms with Crippen molar-refractivity contribution in [1.29, 1.82) is 0 Å². The quantitative estimate of drug-likeness (QED) is 0.762. The largest absolute Gasteiger partial charge is 0.480 e. The van der Waals surface area contributed by atoms with E-state index in [9.17, 15) is 9.59 Å². The molecule has 0 radical (unpaired) electrons. The Kier molecular flexibility index (Phi) is 6.67. The maximum atomic E-state index is 11.9. The summed E-state index contributed by atoms with van der Waals surface area (Å²) < 4.78 is 10.1. The Morgan fingerprint density at radius 2 is 1.80 bits per heavy atom. The van der Waals surface area contributed by atoms with E-state index in [0.717, 1.165) is 11.1 Å². The summed E-state index contributed by atoms with van der Waals surface area (Å²) in [6, 6.07) is 10.3. The molecule has 0 heterocycles. The number of carbonyl (C=O) groups is 2. The van der Waals surface area contributed by atoms with Gasteiger partial charge in [-0.25, -0.2) is 4.79 Å². The van der Waals surface area contributed by atoms with E-state index < -0.39 is 18.5 Å². The molecule has 0 spiro atoms. The molecule has 5 nitrogen and oxygen atoms in total. The van der Waals surface area contributed by atoms with Gasteiger partial charge in [0.05, 0.1) is 5.02 Å². The standard InChI is InChI=1S/C18H17Cl2NO4/c1-11-3-5-15(12(2)7-11)21-17(22)9-25-18(23)10-24-16-6-4-13(19)8-14(16)20/h3-8H,9-10H2,1-2H3,(H,21,22). The van der Waals surface area contributed by atoms with Gasteiger partial charge < -0.3 is 14.8 Å². The van der Waals surface area contributed by atoms with Crippen LogP contribution in [0.3, 0.4) is 0 Å². The van der Waals surface area contributed by atoms with Gasteiger partial charge in [-0.05, 0) is 43.7 Å². The predicted octanol–water partition coefficient (Wildman–Crippen LogP) is 4.17. The van der Waals surface area contributed by atoms with E-state index in [1.165, 1.54) is 6.07 Å². The highest BCUT2D eigenvalue weighted by atomic mass is 35.5. The van der Waals surface area contributed by atoms with Gasteiger partial charge in [0, 0.05) is 10.7 Å². The number of rotatable bonds is 6. The number of nitrogens with one attached hydrogen (secondary N) is 1. The summed E-state index contributed by atoms with van der Waals surface area (Å²) in [6.45, 7) is 3.09. The lowest BCUT2D eigenvalue weighted by Crippen LogP contribution is -2.24. The van der Waals surface area contributed by atoms with Crippen molar-refractivity contribution >= 4 is 40.8 Å². The zero-order chi connectivity index (χ0) is 18.4. The number of esters is 1. The van der Waals surface area contributed by atoms with Crippen molar-refractivity contribution in [2.75, 3.05) is 18.5 Å². The van der Waals surface area contributed by atoms with Crippen LogP contribution in [0.5, 0.6) is 5.75 Å². The van der Waals surface area contributed by atoms with Crippen molar-refractivity contribution in [3.8, 4) is 5.75 Å². The lowest BCUT2D eigenvalue weighted by molar-refractivity contribution is -0.149. The van der Waals surface area contributed by atoms with Crippen LogP contribution in [0.1, 0.15) is 11.1 Å². The molecule has 1 amide bonds. The molecule has 2 aromatic rings. The third kappa shape index (κ3) is 5.96. The zero-order valence-electron chi connectivity index (χ0n) is 13.8. The van der Waals surface area contributed by atoms with Crippen LogP contribution in [-0.2, 0) is 14.3 Å². The summed E-state index contributed by atoms with van der Waals surface area (Å²) in [5, 5.41) is 3.44. The first-order chi connectivity index (χ1) is 11.8. The molecule has 25 heavy (non-hydrogen) atoms. The fourth-order valence-corrected chi connectivity index (χ4v) is 2.52. The molecule has 132 valence electrons. The second kappa shape index (κ2) is 8.74. The van der Waals surface area contributed by atoms with Crippen molar-refractivity contribution in [2.45, 2.75) is 13.8 Å². The summed E-state index contributed by atoms with van der Waals surface area (Å²) in [4.78, 5) is 23.5. The van der Waals surface area contributed by atoms with Crippen LogP contribution >= 0.6 is 23.2 Å². The Bertz CT molecular complexity index is 793. The number of amides is 1. The first-order valence-corrected chi connectivity index (χ1v) is 8.21. The molecular formula is C18H17Cl2NO4. The third-order valence-corrected chi connectivity index (χ3v) is 3.79. The fraction of sp³-hybridized carbons (Fsp3) is 0.222. The lowest BCUT2D eigenvalue weighted by Gasteiger charge is -2.10. The molecule has 0 saturated carbocycles. The molecule has 1 N–H and O–H groups in total. The van der Waals surface area contributed by atoms with Crippen molar-refractivity contribution < 1.29 is 19.1 Å². The number of ether oxygens (including phenoxy) is 2. The smallest absolute Gasteiger partial charge is 0.344 e. The van der Waals surface area contributed by atoms with Crippen molar-refractivity contribution in [3.63, 3.8) is 0 Å². The van der Waals surface area contributed by atoms with E-state index in [1.54, 1.807) is 18.2 Å². The van der Waals surface area contributed by atoms with Crippen LogP contribution in [0.15, 0.2) is 36.4 Å². The summed E-state index contributed by atoms with van der Waals surface area (Å²) in [5.74, 6) is -0.797. The molecular weight excluding hydrogens is 365 g/mol. The minimum absolute atomic E-state index is 0.285. The molecule has 0 aliphatic heterocycles. The van der Waals surface area contributed by atoms with Gasteiger partial charge >= 0.3 is 5.97 Å².